The number of benzene rings is 1. The molecule has 2 aliphatic carbocycles. The van der Waals surface area contributed by atoms with Crippen LogP contribution in [0.2, 0.25) is 0 Å². The minimum absolute atomic E-state index is 0.260. The lowest BCUT2D eigenvalue weighted by Gasteiger charge is -2.31. The van der Waals surface area contributed by atoms with Crippen LogP contribution in [0.25, 0.3) is 5.57 Å². The van der Waals surface area contributed by atoms with Gasteiger partial charge in [0.15, 0.2) is 0 Å². The Morgan fingerprint density at radius 2 is 1.45 bits per heavy atom. The summed E-state index contributed by atoms with van der Waals surface area (Å²) >= 11 is 0. The third kappa shape index (κ3) is 7.02. The van der Waals surface area contributed by atoms with E-state index in [4.69, 9.17) is 0 Å². The Kier molecular flexibility index (Phi) is 9.81. The highest BCUT2D eigenvalue weighted by Gasteiger charge is 2.24. The standard InChI is InChI=1S/C29H42F2/c1-3-5-7-9-10-22-12-14-23(15-13-22)24-16-18-25(19-17-24)26-20-28(30)27(29(31)21-26)11-8-6-4-2/h16,18,20-23H,3-15,17,19H2,1-2H3. The van der Waals surface area contributed by atoms with E-state index in [2.05, 4.69) is 26.0 Å². The van der Waals surface area contributed by atoms with Gasteiger partial charge in [0.2, 0.25) is 0 Å². The molecule has 0 bridgehead atoms. The van der Waals surface area contributed by atoms with Gasteiger partial charge in [0.25, 0.3) is 0 Å². The molecule has 31 heavy (non-hydrogen) atoms. The molecule has 0 spiro atoms. The Morgan fingerprint density at radius 1 is 0.774 bits per heavy atom. The number of rotatable bonds is 11. The molecule has 172 valence electrons. The van der Waals surface area contributed by atoms with E-state index in [1.54, 1.807) is 17.7 Å². The Balaban J connectivity index is 1.55. The van der Waals surface area contributed by atoms with Gasteiger partial charge in [-0.3, -0.25) is 0 Å². The first kappa shape index (κ1) is 24.2. The number of hydrogen-bond donors (Lipinski definition) is 0. The van der Waals surface area contributed by atoms with Crippen LogP contribution in [0.3, 0.4) is 0 Å². The highest BCUT2D eigenvalue weighted by Crippen LogP contribution is 2.40. The SMILES string of the molecule is CCCCCCC1CCC(C2=CC=C(c3cc(F)c(CCCCC)c(F)c3)CC2)CC1. The highest BCUT2D eigenvalue weighted by molar-refractivity contribution is 5.69. The van der Waals surface area contributed by atoms with Crippen molar-refractivity contribution in [2.75, 3.05) is 0 Å². The van der Waals surface area contributed by atoms with Crippen LogP contribution in [-0.2, 0) is 6.42 Å². The van der Waals surface area contributed by atoms with Gasteiger partial charge in [-0.1, -0.05) is 76.5 Å². The van der Waals surface area contributed by atoms with Gasteiger partial charge < -0.3 is 0 Å². The molecule has 1 saturated carbocycles. The molecule has 2 aliphatic rings. The Bertz CT molecular complexity index is 727. The molecule has 0 N–H and O–H groups in total. The van der Waals surface area contributed by atoms with E-state index in [9.17, 15) is 8.78 Å². The summed E-state index contributed by atoms with van der Waals surface area (Å²) in [6, 6.07) is 3.11. The zero-order valence-electron chi connectivity index (χ0n) is 19.8. The maximum Gasteiger partial charge on any atom is 0.129 e. The fraction of sp³-hybridized carbons (Fsp3) is 0.655. The zero-order chi connectivity index (χ0) is 22.1. The van der Waals surface area contributed by atoms with Crippen molar-refractivity contribution in [3.8, 4) is 0 Å². The Morgan fingerprint density at radius 3 is 2.06 bits per heavy atom. The maximum atomic E-state index is 14.5. The van der Waals surface area contributed by atoms with Gasteiger partial charge >= 0.3 is 0 Å². The first-order valence-corrected chi connectivity index (χ1v) is 13.0. The fourth-order valence-corrected chi connectivity index (χ4v) is 5.49. The second kappa shape index (κ2) is 12.6. The van der Waals surface area contributed by atoms with Crippen molar-refractivity contribution in [1.82, 2.24) is 0 Å². The average molecular weight is 429 g/mol. The van der Waals surface area contributed by atoms with Gasteiger partial charge in [0.1, 0.15) is 11.6 Å². The van der Waals surface area contributed by atoms with Crippen LogP contribution in [0, 0.1) is 23.5 Å². The van der Waals surface area contributed by atoms with Crippen molar-refractivity contribution in [1.29, 1.82) is 0 Å². The summed E-state index contributed by atoms with van der Waals surface area (Å²) < 4.78 is 29.1. The molecule has 0 aromatic heterocycles. The molecule has 1 aromatic rings. The van der Waals surface area contributed by atoms with E-state index in [0.717, 1.165) is 55.1 Å². The van der Waals surface area contributed by atoms with E-state index in [0.29, 0.717) is 6.42 Å². The van der Waals surface area contributed by atoms with Crippen molar-refractivity contribution < 1.29 is 8.78 Å². The van der Waals surface area contributed by atoms with E-state index in [-0.39, 0.29) is 17.2 Å². The van der Waals surface area contributed by atoms with E-state index in [1.807, 2.05) is 0 Å². The summed E-state index contributed by atoms with van der Waals surface area (Å²) in [5.74, 6) is 0.905. The molecule has 0 heterocycles. The summed E-state index contributed by atoms with van der Waals surface area (Å²) in [6.45, 7) is 4.38. The molecule has 0 saturated heterocycles. The first-order valence-electron chi connectivity index (χ1n) is 13.0. The summed E-state index contributed by atoms with van der Waals surface area (Å²) in [6.07, 6.45) is 22.1. The number of allylic oxidation sites excluding steroid dienone is 4. The lowest BCUT2D eigenvalue weighted by atomic mass is 9.74. The summed E-state index contributed by atoms with van der Waals surface area (Å²) in [4.78, 5) is 0. The molecule has 1 aromatic carbocycles. The maximum absolute atomic E-state index is 14.5. The summed E-state index contributed by atoms with van der Waals surface area (Å²) in [5, 5.41) is 0. The fourth-order valence-electron chi connectivity index (χ4n) is 5.49. The predicted octanol–water partition coefficient (Wildman–Crippen LogP) is 9.58. The molecule has 0 nitrogen and oxygen atoms in total. The van der Waals surface area contributed by atoms with Crippen LogP contribution < -0.4 is 0 Å². The van der Waals surface area contributed by atoms with Crippen LogP contribution >= 0.6 is 0 Å². The lowest BCUT2D eigenvalue weighted by Crippen LogP contribution is -2.17. The van der Waals surface area contributed by atoms with Crippen molar-refractivity contribution in [3.05, 3.63) is 52.6 Å². The van der Waals surface area contributed by atoms with Crippen LogP contribution in [0.1, 0.15) is 115 Å². The minimum Gasteiger partial charge on any atom is -0.207 e. The molecule has 0 radical (unpaired) electrons. The van der Waals surface area contributed by atoms with Crippen LogP contribution in [0.5, 0.6) is 0 Å². The third-order valence-corrected chi connectivity index (χ3v) is 7.56. The van der Waals surface area contributed by atoms with E-state index in [1.165, 1.54) is 57.8 Å². The summed E-state index contributed by atoms with van der Waals surface area (Å²) in [7, 11) is 0. The van der Waals surface area contributed by atoms with E-state index >= 15 is 0 Å². The molecular weight excluding hydrogens is 386 g/mol. The average Bonchev–Trinajstić information content (AvgIpc) is 2.79. The lowest BCUT2D eigenvalue weighted by molar-refractivity contribution is 0.278. The van der Waals surface area contributed by atoms with Crippen molar-refractivity contribution in [3.63, 3.8) is 0 Å². The molecular formula is C29H42F2. The van der Waals surface area contributed by atoms with Gasteiger partial charge in [-0.2, -0.15) is 0 Å². The molecule has 0 atom stereocenters. The smallest absolute Gasteiger partial charge is 0.129 e. The van der Waals surface area contributed by atoms with Gasteiger partial charge in [0, 0.05) is 5.56 Å². The minimum atomic E-state index is -0.376. The predicted molar refractivity (Wildman–Crippen MR) is 129 cm³/mol. The monoisotopic (exact) mass is 428 g/mol. The zero-order valence-corrected chi connectivity index (χ0v) is 19.8. The largest absolute Gasteiger partial charge is 0.207 e. The summed E-state index contributed by atoms with van der Waals surface area (Å²) in [5.41, 5.74) is 3.62. The molecule has 0 unspecified atom stereocenters. The molecule has 2 heteroatoms. The molecule has 0 aliphatic heterocycles. The Hall–Kier alpha value is -1.44. The van der Waals surface area contributed by atoms with Gasteiger partial charge in [-0.25, -0.2) is 8.78 Å². The number of hydrogen-bond acceptors (Lipinski definition) is 0. The van der Waals surface area contributed by atoms with Crippen molar-refractivity contribution in [2.45, 2.75) is 110 Å². The van der Waals surface area contributed by atoms with Crippen LogP contribution in [-0.4, -0.2) is 0 Å². The van der Waals surface area contributed by atoms with Gasteiger partial charge in [-0.05, 0) is 86.5 Å². The van der Waals surface area contributed by atoms with Gasteiger partial charge in [0.05, 0.1) is 0 Å². The first-order chi connectivity index (χ1) is 15.1. The van der Waals surface area contributed by atoms with Crippen LogP contribution in [0.15, 0.2) is 29.9 Å². The Labute approximate surface area is 189 Å². The second-order valence-electron chi connectivity index (χ2n) is 9.88. The van der Waals surface area contributed by atoms with Crippen molar-refractivity contribution >= 4 is 5.57 Å². The highest BCUT2D eigenvalue weighted by atomic mass is 19.1. The van der Waals surface area contributed by atoms with E-state index < -0.39 is 0 Å². The molecule has 1 fully saturated rings. The third-order valence-electron chi connectivity index (χ3n) is 7.56. The quantitative estimate of drug-likeness (QED) is 0.308. The number of unbranched alkanes of at least 4 members (excludes halogenated alkanes) is 5. The molecule has 3 rings (SSSR count). The van der Waals surface area contributed by atoms with Crippen LogP contribution in [0.4, 0.5) is 8.78 Å². The van der Waals surface area contributed by atoms with Gasteiger partial charge in [-0.15, -0.1) is 0 Å². The second-order valence-corrected chi connectivity index (χ2v) is 9.88. The molecule has 0 amide bonds. The normalized spacial score (nSPS) is 21.7. The van der Waals surface area contributed by atoms with Crippen molar-refractivity contribution in [2.24, 2.45) is 11.8 Å². The topological polar surface area (TPSA) is 0 Å². The number of halogens is 2.